The smallest absolute Gasteiger partial charge is 0.234 e. The van der Waals surface area contributed by atoms with Crippen molar-refractivity contribution in [3.63, 3.8) is 0 Å². The Hall–Kier alpha value is -1.85. The molecule has 2 aromatic heterocycles. The van der Waals surface area contributed by atoms with E-state index in [0.29, 0.717) is 16.7 Å². The Morgan fingerprint density at radius 2 is 1.93 bits per heavy atom. The van der Waals surface area contributed by atoms with Crippen molar-refractivity contribution >= 4 is 72.8 Å². The number of carbonyl (C=O) groups is 1. The van der Waals surface area contributed by atoms with Gasteiger partial charge in [0.2, 0.25) is 5.91 Å². The number of aromatic nitrogens is 3. The lowest BCUT2D eigenvalue weighted by molar-refractivity contribution is -0.113. The summed E-state index contributed by atoms with van der Waals surface area (Å²) in [5.41, 5.74) is 3.76. The number of thioether (sulfide) groups is 1. The number of amides is 1. The zero-order chi connectivity index (χ0) is 21.4. The molecule has 154 valence electrons. The highest BCUT2D eigenvalue weighted by Gasteiger charge is 2.17. The van der Waals surface area contributed by atoms with Gasteiger partial charge in [-0.15, -0.1) is 10.2 Å². The molecule has 0 bridgehead atoms. The van der Waals surface area contributed by atoms with E-state index in [9.17, 15) is 4.79 Å². The standard InChI is InChI=1S/C21H18BrIN4O2S/c1-11-6-15(23)7-12(2)19(11)24-18(28)10-30-21-26-25-20(27(21)3)17-9-13-8-14(22)4-5-16(13)29-17/h4-9H,10H2,1-3H3,(H,24,28). The molecule has 0 aliphatic carbocycles. The Kier molecular flexibility index (Phi) is 6.21. The molecule has 0 saturated heterocycles. The summed E-state index contributed by atoms with van der Waals surface area (Å²) in [6.07, 6.45) is 0. The Labute approximate surface area is 200 Å². The van der Waals surface area contributed by atoms with Gasteiger partial charge in [0.05, 0.1) is 5.75 Å². The van der Waals surface area contributed by atoms with E-state index in [0.717, 1.165) is 35.8 Å². The first kappa shape index (κ1) is 21.4. The van der Waals surface area contributed by atoms with Crippen molar-refractivity contribution < 1.29 is 9.21 Å². The third-order valence-electron chi connectivity index (χ3n) is 4.63. The van der Waals surface area contributed by atoms with E-state index in [2.05, 4.69) is 66.2 Å². The van der Waals surface area contributed by atoms with E-state index in [1.165, 1.54) is 11.8 Å². The summed E-state index contributed by atoms with van der Waals surface area (Å²) in [6.45, 7) is 4.00. The normalized spacial score (nSPS) is 11.2. The topological polar surface area (TPSA) is 73.0 Å². The van der Waals surface area contributed by atoms with Crippen LogP contribution >= 0.6 is 50.3 Å². The number of fused-ring (bicyclic) bond motifs is 1. The summed E-state index contributed by atoms with van der Waals surface area (Å²) in [5.74, 6) is 1.42. The van der Waals surface area contributed by atoms with Crippen LogP contribution in [0.5, 0.6) is 0 Å². The summed E-state index contributed by atoms with van der Waals surface area (Å²) in [5, 5.41) is 13.1. The van der Waals surface area contributed by atoms with Crippen molar-refractivity contribution in [2.75, 3.05) is 11.1 Å². The first-order chi connectivity index (χ1) is 14.3. The number of nitrogens with one attached hydrogen (secondary N) is 1. The first-order valence-electron chi connectivity index (χ1n) is 9.10. The maximum absolute atomic E-state index is 12.5. The minimum absolute atomic E-state index is 0.0782. The highest BCUT2D eigenvalue weighted by Crippen LogP contribution is 2.30. The van der Waals surface area contributed by atoms with Gasteiger partial charge in [0.1, 0.15) is 5.58 Å². The second-order valence-corrected chi connectivity index (χ2v) is 10.0. The van der Waals surface area contributed by atoms with Gasteiger partial charge in [0.15, 0.2) is 16.7 Å². The molecule has 0 aliphatic heterocycles. The van der Waals surface area contributed by atoms with Crippen LogP contribution in [-0.2, 0) is 11.8 Å². The number of hydrogen-bond acceptors (Lipinski definition) is 5. The molecular weight excluding hydrogens is 579 g/mol. The molecule has 1 N–H and O–H groups in total. The lowest BCUT2D eigenvalue weighted by Gasteiger charge is -2.12. The number of hydrogen-bond donors (Lipinski definition) is 1. The summed E-state index contributed by atoms with van der Waals surface area (Å²) >= 11 is 7.09. The fourth-order valence-electron chi connectivity index (χ4n) is 3.19. The maximum atomic E-state index is 12.5. The number of carbonyl (C=O) groups excluding carboxylic acids is 1. The number of halogens is 2. The Bertz CT molecular complexity index is 1240. The zero-order valence-electron chi connectivity index (χ0n) is 16.5. The second-order valence-electron chi connectivity index (χ2n) is 6.91. The van der Waals surface area contributed by atoms with Gasteiger partial charge in [-0.05, 0) is 84.0 Å². The number of nitrogens with zero attached hydrogens (tertiary/aromatic N) is 3. The third-order valence-corrected chi connectivity index (χ3v) is 6.76. The maximum Gasteiger partial charge on any atom is 0.234 e. The van der Waals surface area contributed by atoms with Crippen molar-refractivity contribution in [2.45, 2.75) is 19.0 Å². The lowest BCUT2D eigenvalue weighted by atomic mass is 10.1. The highest BCUT2D eigenvalue weighted by atomic mass is 127. The average molecular weight is 597 g/mol. The molecule has 2 aromatic carbocycles. The van der Waals surface area contributed by atoms with Crippen LogP contribution in [0.15, 0.2) is 50.4 Å². The van der Waals surface area contributed by atoms with E-state index >= 15 is 0 Å². The Morgan fingerprint density at radius 3 is 2.67 bits per heavy atom. The van der Waals surface area contributed by atoms with Gasteiger partial charge in [-0.3, -0.25) is 4.79 Å². The Morgan fingerprint density at radius 1 is 1.20 bits per heavy atom. The van der Waals surface area contributed by atoms with E-state index in [4.69, 9.17) is 4.42 Å². The minimum Gasteiger partial charge on any atom is -0.453 e. The number of anilines is 1. The molecule has 30 heavy (non-hydrogen) atoms. The monoisotopic (exact) mass is 596 g/mol. The summed E-state index contributed by atoms with van der Waals surface area (Å²) in [7, 11) is 1.87. The van der Waals surface area contributed by atoms with Crippen LogP contribution in [0.1, 0.15) is 11.1 Å². The molecule has 0 saturated carbocycles. The van der Waals surface area contributed by atoms with Crippen molar-refractivity contribution in [2.24, 2.45) is 7.05 Å². The highest BCUT2D eigenvalue weighted by molar-refractivity contribution is 14.1. The van der Waals surface area contributed by atoms with Gasteiger partial charge in [0.25, 0.3) is 0 Å². The minimum atomic E-state index is -0.0782. The molecule has 0 fully saturated rings. The SMILES string of the molecule is Cc1cc(I)cc(C)c1NC(=O)CSc1nnc(-c2cc3cc(Br)ccc3o2)n1C. The largest absolute Gasteiger partial charge is 0.453 e. The fraction of sp³-hybridized carbons (Fsp3) is 0.190. The van der Waals surface area contributed by atoms with Crippen LogP contribution in [-0.4, -0.2) is 26.4 Å². The van der Waals surface area contributed by atoms with Crippen molar-refractivity contribution in [3.8, 4) is 11.6 Å². The summed E-state index contributed by atoms with van der Waals surface area (Å²) in [4.78, 5) is 12.5. The van der Waals surface area contributed by atoms with E-state index in [1.807, 2.05) is 49.7 Å². The third kappa shape index (κ3) is 4.42. The van der Waals surface area contributed by atoms with Gasteiger partial charge >= 0.3 is 0 Å². The quantitative estimate of drug-likeness (QED) is 0.228. The van der Waals surface area contributed by atoms with Crippen LogP contribution in [0.25, 0.3) is 22.6 Å². The molecule has 4 rings (SSSR count). The summed E-state index contributed by atoms with van der Waals surface area (Å²) < 4.78 is 9.89. The van der Waals surface area contributed by atoms with Crippen LogP contribution < -0.4 is 5.32 Å². The van der Waals surface area contributed by atoms with Gasteiger partial charge in [-0.25, -0.2) is 0 Å². The van der Waals surface area contributed by atoms with E-state index in [1.54, 1.807) is 0 Å². The van der Waals surface area contributed by atoms with Gasteiger partial charge in [0, 0.05) is 26.2 Å². The predicted octanol–water partition coefficient (Wildman–Crippen LogP) is 5.94. The van der Waals surface area contributed by atoms with E-state index in [-0.39, 0.29) is 11.7 Å². The molecular formula is C21H18BrIN4O2S. The number of rotatable bonds is 5. The summed E-state index contributed by atoms with van der Waals surface area (Å²) in [6, 6.07) is 11.9. The number of furan rings is 1. The molecule has 0 radical (unpaired) electrons. The first-order valence-corrected chi connectivity index (χ1v) is 12.0. The zero-order valence-corrected chi connectivity index (χ0v) is 21.1. The molecule has 2 heterocycles. The molecule has 6 nitrogen and oxygen atoms in total. The molecule has 0 unspecified atom stereocenters. The average Bonchev–Trinajstić information content (AvgIpc) is 3.25. The van der Waals surface area contributed by atoms with Crippen LogP contribution in [0.3, 0.4) is 0 Å². The second kappa shape index (κ2) is 8.72. The number of benzene rings is 2. The van der Waals surface area contributed by atoms with Crippen LogP contribution in [0.4, 0.5) is 5.69 Å². The van der Waals surface area contributed by atoms with Crippen LogP contribution in [0, 0.1) is 17.4 Å². The molecule has 4 aromatic rings. The lowest BCUT2D eigenvalue weighted by Crippen LogP contribution is -2.16. The van der Waals surface area contributed by atoms with Crippen molar-refractivity contribution in [1.29, 1.82) is 0 Å². The van der Waals surface area contributed by atoms with Crippen molar-refractivity contribution in [1.82, 2.24) is 14.8 Å². The predicted molar refractivity (Wildman–Crippen MR) is 132 cm³/mol. The molecule has 9 heteroatoms. The van der Waals surface area contributed by atoms with Gasteiger partial charge in [-0.2, -0.15) is 0 Å². The Balaban J connectivity index is 1.47. The van der Waals surface area contributed by atoms with Gasteiger partial charge < -0.3 is 14.3 Å². The van der Waals surface area contributed by atoms with Gasteiger partial charge in [-0.1, -0.05) is 27.7 Å². The molecule has 0 aliphatic rings. The van der Waals surface area contributed by atoms with E-state index < -0.39 is 0 Å². The molecule has 0 atom stereocenters. The van der Waals surface area contributed by atoms with Crippen LogP contribution in [0.2, 0.25) is 0 Å². The van der Waals surface area contributed by atoms with Crippen molar-refractivity contribution in [3.05, 3.63) is 55.6 Å². The fourth-order valence-corrected chi connectivity index (χ4v) is 5.22. The molecule has 1 amide bonds. The number of aryl methyl sites for hydroxylation is 2. The molecule has 0 spiro atoms.